The van der Waals surface area contributed by atoms with Crippen molar-refractivity contribution in [3.63, 3.8) is 0 Å². The first-order valence-electron chi connectivity index (χ1n) is 16.6. The third-order valence-corrected chi connectivity index (χ3v) is 10.1. The summed E-state index contributed by atoms with van der Waals surface area (Å²) in [6, 6.07) is 0. The summed E-state index contributed by atoms with van der Waals surface area (Å²) in [5, 5.41) is 35.4. The van der Waals surface area contributed by atoms with Gasteiger partial charge in [0, 0.05) is 11.4 Å². The minimum Gasteiger partial charge on any atom is -0.515 e. The Hall–Kier alpha value is -3.55. The van der Waals surface area contributed by atoms with Gasteiger partial charge in [-0.1, -0.05) is 55.4 Å². The Morgan fingerprint density at radius 3 is 1.70 bits per heavy atom. The van der Waals surface area contributed by atoms with Crippen molar-refractivity contribution in [2.24, 2.45) is 15.0 Å². The zero-order chi connectivity index (χ0) is 32.0. The maximum Gasteiger partial charge on any atom is 0.141 e. The van der Waals surface area contributed by atoms with Crippen molar-refractivity contribution >= 4 is 29.3 Å². The van der Waals surface area contributed by atoms with Crippen LogP contribution >= 0.6 is 0 Å². The SMILES string of the molecule is CCC1=C(CC)C2=NC1=Cc1[nH]c(c(CC)c1CC)C=C1N=C(/C(=C\O)C3=NC(=C2)C(CC)=C3CC)C(O)(CC)C1(O)CC. The normalized spacial score (nSPS) is 25.8. The van der Waals surface area contributed by atoms with Crippen LogP contribution in [0.25, 0.3) is 12.2 Å². The Morgan fingerprint density at radius 2 is 1.18 bits per heavy atom. The molecule has 5 rings (SSSR count). The van der Waals surface area contributed by atoms with Gasteiger partial charge in [-0.25, -0.2) is 9.98 Å². The Morgan fingerprint density at radius 1 is 0.636 bits per heavy atom. The number of aliphatic imine (C=N–C) groups is 3. The molecule has 0 amide bonds. The van der Waals surface area contributed by atoms with Crippen molar-refractivity contribution in [1.82, 2.24) is 4.98 Å². The van der Waals surface area contributed by atoms with Crippen LogP contribution in [0.5, 0.6) is 0 Å². The lowest BCUT2D eigenvalue weighted by molar-refractivity contribution is -0.0814. The number of aliphatic hydroxyl groups is 3. The average Bonchev–Trinajstić information content (AvgIpc) is 3.72. The predicted octanol–water partition coefficient (Wildman–Crippen LogP) is 8.04. The molecule has 7 heteroatoms. The van der Waals surface area contributed by atoms with Crippen LogP contribution < -0.4 is 0 Å². The molecule has 0 saturated carbocycles. The maximum atomic E-state index is 12.3. The molecule has 1 aromatic heterocycles. The lowest BCUT2D eigenvalue weighted by Crippen LogP contribution is -2.56. The molecule has 0 saturated heterocycles. The van der Waals surface area contributed by atoms with E-state index in [1.54, 1.807) is 0 Å². The van der Waals surface area contributed by atoms with Gasteiger partial charge in [-0.2, -0.15) is 0 Å². The van der Waals surface area contributed by atoms with Gasteiger partial charge in [0.15, 0.2) is 0 Å². The van der Waals surface area contributed by atoms with Crippen molar-refractivity contribution in [2.75, 3.05) is 0 Å². The molecule has 0 radical (unpaired) electrons. The fraction of sp³-hybridized carbons (Fsp3) is 0.486. The molecule has 234 valence electrons. The number of nitrogens with zero attached hydrogens (tertiary/aromatic N) is 3. The number of hydrogen-bond donors (Lipinski definition) is 4. The molecular formula is C37H48N4O3. The quantitative estimate of drug-likeness (QED) is 0.228. The lowest BCUT2D eigenvalue weighted by atomic mass is 9.73. The van der Waals surface area contributed by atoms with Gasteiger partial charge in [0.25, 0.3) is 0 Å². The van der Waals surface area contributed by atoms with E-state index in [4.69, 9.17) is 15.0 Å². The van der Waals surface area contributed by atoms with E-state index in [0.29, 0.717) is 23.4 Å². The predicted molar refractivity (Wildman–Crippen MR) is 182 cm³/mol. The molecule has 2 unspecified atom stereocenters. The molecule has 4 aliphatic rings. The van der Waals surface area contributed by atoms with E-state index in [-0.39, 0.29) is 18.6 Å². The topological polar surface area (TPSA) is 114 Å². The molecule has 4 aliphatic heterocycles. The second kappa shape index (κ2) is 12.1. The van der Waals surface area contributed by atoms with Gasteiger partial charge in [-0.15, -0.1) is 0 Å². The summed E-state index contributed by atoms with van der Waals surface area (Å²) in [5.41, 5.74) is 9.66. The van der Waals surface area contributed by atoms with Gasteiger partial charge in [0.2, 0.25) is 0 Å². The summed E-state index contributed by atoms with van der Waals surface area (Å²) in [4.78, 5) is 19.0. The van der Waals surface area contributed by atoms with Gasteiger partial charge >= 0.3 is 0 Å². The van der Waals surface area contributed by atoms with Crippen molar-refractivity contribution in [3.8, 4) is 0 Å². The van der Waals surface area contributed by atoms with Gasteiger partial charge in [0.05, 0.1) is 46.1 Å². The highest BCUT2D eigenvalue weighted by atomic mass is 16.4. The van der Waals surface area contributed by atoms with Crippen LogP contribution in [0.15, 0.2) is 72.3 Å². The van der Waals surface area contributed by atoms with Crippen molar-refractivity contribution in [1.29, 1.82) is 0 Å². The van der Waals surface area contributed by atoms with Gasteiger partial charge in [0.1, 0.15) is 11.2 Å². The molecule has 2 atom stereocenters. The van der Waals surface area contributed by atoms with Crippen LogP contribution in [0.3, 0.4) is 0 Å². The summed E-state index contributed by atoms with van der Waals surface area (Å²) in [7, 11) is 0. The monoisotopic (exact) mass is 596 g/mol. The molecular weight excluding hydrogens is 548 g/mol. The zero-order valence-electron chi connectivity index (χ0n) is 27.6. The zero-order valence-corrected chi connectivity index (χ0v) is 27.6. The Balaban J connectivity index is 1.94. The molecule has 0 fully saturated rings. The Kier molecular flexibility index (Phi) is 8.76. The number of allylic oxidation sites excluding steroid dienone is 5. The summed E-state index contributed by atoms with van der Waals surface area (Å²) in [6.45, 7) is 16.6. The summed E-state index contributed by atoms with van der Waals surface area (Å²) >= 11 is 0. The van der Waals surface area contributed by atoms with E-state index in [2.05, 4.69) is 58.7 Å². The molecule has 7 nitrogen and oxygen atoms in total. The lowest BCUT2D eigenvalue weighted by Gasteiger charge is -2.38. The number of rotatable bonds is 8. The van der Waals surface area contributed by atoms with Crippen LogP contribution in [-0.2, 0) is 12.8 Å². The number of aromatic amines is 1. The molecule has 0 aromatic carbocycles. The van der Waals surface area contributed by atoms with Gasteiger partial charge < -0.3 is 20.3 Å². The van der Waals surface area contributed by atoms with Crippen molar-refractivity contribution in [3.05, 3.63) is 79.8 Å². The first kappa shape index (κ1) is 31.9. The highest BCUT2D eigenvalue weighted by molar-refractivity contribution is 6.34. The maximum absolute atomic E-state index is 12.3. The second-order valence-corrected chi connectivity index (χ2v) is 11.9. The summed E-state index contributed by atoms with van der Waals surface area (Å²) in [6.07, 6.45) is 12.4. The number of aliphatic hydroxyl groups excluding tert-OH is 1. The number of hydrogen-bond acceptors (Lipinski definition) is 6. The van der Waals surface area contributed by atoms with Crippen LogP contribution in [0, 0.1) is 0 Å². The van der Waals surface area contributed by atoms with Gasteiger partial charge in [-0.05, 0) is 103 Å². The first-order valence-corrected chi connectivity index (χ1v) is 16.6. The fourth-order valence-electron chi connectivity index (χ4n) is 7.67. The molecule has 8 bridgehead atoms. The average molecular weight is 597 g/mol. The fourth-order valence-corrected chi connectivity index (χ4v) is 7.67. The van der Waals surface area contributed by atoms with E-state index in [0.717, 1.165) is 83.6 Å². The van der Waals surface area contributed by atoms with Crippen LogP contribution in [0.2, 0.25) is 0 Å². The van der Waals surface area contributed by atoms with Gasteiger partial charge in [-0.3, -0.25) is 4.99 Å². The minimum absolute atomic E-state index is 0.205. The second-order valence-electron chi connectivity index (χ2n) is 11.9. The Labute approximate surface area is 262 Å². The van der Waals surface area contributed by atoms with Crippen LogP contribution in [0.4, 0.5) is 0 Å². The molecule has 0 spiro atoms. The molecule has 4 N–H and O–H groups in total. The van der Waals surface area contributed by atoms with Crippen LogP contribution in [-0.4, -0.2) is 48.6 Å². The summed E-state index contributed by atoms with van der Waals surface area (Å²) in [5.74, 6) is 0. The summed E-state index contributed by atoms with van der Waals surface area (Å²) < 4.78 is 0. The number of fused-ring (bicyclic) bond motifs is 5. The smallest absolute Gasteiger partial charge is 0.141 e. The molecule has 44 heavy (non-hydrogen) atoms. The van der Waals surface area contributed by atoms with Crippen molar-refractivity contribution in [2.45, 2.75) is 118 Å². The third-order valence-electron chi connectivity index (χ3n) is 10.1. The van der Waals surface area contributed by atoms with Crippen LogP contribution in [0.1, 0.15) is 116 Å². The number of aromatic nitrogens is 1. The van der Waals surface area contributed by atoms with E-state index >= 15 is 0 Å². The molecule has 5 heterocycles. The number of nitrogens with one attached hydrogen (secondary N) is 1. The Bertz CT molecular complexity index is 1670. The first-order chi connectivity index (χ1) is 21.1. The molecule has 1 aromatic rings. The largest absolute Gasteiger partial charge is 0.515 e. The third kappa shape index (κ3) is 4.50. The van der Waals surface area contributed by atoms with E-state index in [9.17, 15) is 15.3 Å². The van der Waals surface area contributed by atoms with E-state index < -0.39 is 11.2 Å². The minimum atomic E-state index is -1.73. The molecule has 0 aliphatic carbocycles. The van der Waals surface area contributed by atoms with E-state index in [1.807, 2.05) is 19.9 Å². The van der Waals surface area contributed by atoms with Crippen molar-refractivity contribution < 1.29 is 15.3 Å². The van der Waals surface area contributed by atoms with E-state index in [1.165, 1.54) is 16.7 Å². The highest BCUT2D eigenvalue weighted by Gasteiger charge is 2.59. The standard InChI is InChI=1S/C37H48N4O3/c1-9-21-22(10-2)30-18-31-25(13-5)26(14-6)34(40-31)27(20-42)35-37(44,16-8)36(43,15-7)33(41-35)19-32-24(12-4)23(11-3)29(39-32)17-28(21)38-30/h17-20,39,42-44H,9-16H2,1-8H3/b27-20-,28-17?,31-18?,33-19?. The number of H-pyrrole nitrogens is 1. The highest BCUT2D eigenvalue weighted by Crippen LogP contribution is 2.47.